The maximum absolute atomic E-state index is 13.6. The third-order valence-electron chi connectivity index (χ3n) is 8.49. The maximum Gasteiger partial charge on any atom is 0.137 e. The quantitative estimate of drug-likeness (QED) is 0.497. The van der Waals surface area contributed by atoms with Gasteiger partial charge in [0.05, 0.1) is 24.4 Å². The highest BCUT2D eigenvalue weighted by Gasteiger charge is 2.50. The zero-order chi connectivity index (χ0) is 25.4. The number of likely N-dealkylation sites (tertiary alicyclic amines) is 1. The van der Waals surface area contributed by atoms with E-state index in [0.717, 1.165) is 93.9 Å². The number of benzene rings is 1. The predicted molar refractivity (Wildman–Crippen MR) is 143 cm³/mol. The first-order valence-electron chi connectivity index (χ1n) is 13.5. The summed E-state index contributed by atoms with van der Waals surface area (Å²) in [6.07, 6.45) is 7.98. The van der Waals surface area contributed by atoms with E-state index in [0.29, 0.717) is 5.92 Å². The zero-order valence-electron chi connectivity index (χ0n) is 21.8. The minimum absolute atomic E-state index is 0.223. The van der Waals surface area contributed by atoms with Crippen molar-refractivity contribution in [2.24, 2.45) is 0 Å². The zero-order valence-corrected chi connectivity index (χ0v) is 21.8. The molecule has 2 aromatic heterocycles. The van der Waals surface area contributed by atoms with Crippen LogP contribution in [0.4, 0.5) is 16.0 Å². The van der Waals surface area contributed by atoms with E-state index in [9.17, 15) is 4.39 Å². The van der Waals surface area contributed by atoms with Crippen LogP contribution in [0.25, 0.3) is 11.3 Å². The first-order chi connectivity index (χ1) is 18.1. The molecule has 6 rings (SSSR count). The van der Waals surface area contributed by atoms with Gasteiger partial charge in [0.2, 0.25) is 0 Å². The molecule has 37 heavy (non-hydrogen) atoms. The van der Waals surface area contributed by atoms with Crippen LogP contribution in [0.2, 0.25) is 0 Å². The topological polar surface area (TPSA) is 71.3 Å². The monoisotopic (exact) mass is 505 g/mol. The molecule has 196 valence electrons. The van der Waals surface area contributed by atoms with E-state index in [1.807, 2.05) is 19.2 Å². The number of halogens is 1. The van der Waals surface area contributed by atoms with Crippen LogP contribution in [0.15, 0.2) is 36.8 Å². The first kappa shape index (κ1) is 24.3. The van der Waals surface area contributed by atoms with Gasteiger partial charge in [0, 0.05) is 63.0 Å². The number of ether oxygens (including phenoxy) is 1. The Morgan fingerprint density at radius 2 is 1.86 bits per heavy atom. The van der Waals surface area contributed by atoms with E-state index < -0.39 is 0 Å². The predicted octanol–water partition coefficient (Wildman–Crippen LogP) is 3.94. The van der Waals surface area contributed by atoms with Gasteiger partial charge in [-0.05, 0) is 49.9 Å². The van der Waals surface area contributed by atoms with Crippen LogP contribution in [0.5, 0.6) is 0 Å². The van der Waals surface area contributed by atoms with Gasteiger partial charge >= 0.3 is 0 Å². The van der Waals surface area contributed by atoms with Crippen LogP contribution in [0.1, 0.15) is 43.5 Å². The van der Waals surface area contributed by atoms with E-state index in [4.69, 9.17) is 9.72 Å². The average Bonchev–Trinajstić information content (AvgIpc) is 3.31. The second kappa shape index (κ2) is 10.0. The Bertz CT molecular complexity index is 1230. The van der Waals surface area contributed by atoms with Crippen molar-refractivity contribution in [2.75, 3.05) is 56.7 Å². The number of aromatic nitrogens is 4. The summed E-state index contributed by atoms with van der Waals surface area (Å²) >= 11 is 0. The summed E-state index contributed by atoms with van der Waals surface area (Å²) in [7, 11) is 1.91. The van der Waals surface area contributed by atoms with Crippen molar-refractivity contribution in [3.63, 3.8) is 0 Å². The fourth-order valence-electron chi connectivity index (χ4n) is 6.09. The molecular formula is C28H36FN7O. The van der Waals surface area contributed by atoms with Gasteiger partial charge in [0.1, 0.15) is 29.6 Å². The van der Waals surface area contributed by atoms with Gasteiger partial charge in [-0.15, -0.1) is 0 Å². The number of nitrogens with one attached hydrogen (secondary N) is 1. The summed E-state index contributed by atoms with van der Waals surface area (Å²) in [6.45, 7) is 8.80. The molecule has 0 saturated carbocycles. The normalized spacial score (nSPS) is 19.6. The van der Waals surface area contributed by atoms with Gasteiger partial charge in [-0.3, -0.25) is 4.90 Å². The van der Waals surface area contributed by atoms with Crippen LogP contribution in [0, 0.1) is 5.82 Å². The summed E-state index contributed by atoms with van der Waals surface area (Å²) in [5.41, 5.74) is 3.34. The van der Waals surface area contributed by atoms with Gasteiger partial charge < -0.3 is 19.5 Å². The Hall–Kier alpha value is -3.04. The molecule has 3 aliphatic rings. The molecule has 0 radical (unpaired) electrons. The highest BCUT2D eigenvalue weighted by molar-refractivity contribution is 5.60. The number of imidazole rings is 1. The summed E-state index contributed by atoms with van der Waals surface area (Å²) in [4.78, 5) is 19.1. The molecule has 3 aromatic rings. The van der Waals surface area contributed by atoms with Crippen LogP contribution in [-0.4, -0.2) is 76.4 Å². The minimum Gasteiger partial charge on any atom is -0.377 e. The number of hydrogen-bond acceptors (Lipinski definition) is 7. The molecule has 0 atom stereocenters. The number of nitrogens with zero attached hydrogens (tertiary/aromatic N) is 6. The lowest BCUT2D eigenvalue weighted by Crippen LogP contribution is -2.70. The Labute approximate surface area is 217 Å². The van der Waals surface area contributed by atoms with Crippen LogP contribution < -0.4 is 10.2 Å². The van der Waals surface area contributed by atoms with E-state index in [-0.39, 0.29) is 11.4 Å². The van der Waals surface area contributed by atoms with Crippen LogP contribution >= 0.6 is 0 Å². The van der Waals surface area contributed by atoms with Gasteiger partial charge in [-0.2, -0.15) is 0 Å². The molecule has 0 amide bonds. The second-order valence-electron chi connectivity index (χ2n) is 10.5. The molecule has 9 heteroatoms. The van der Waals surface area contributed by atoms with Crippen LogP contribution in [0.3, 0.4) is 0 Å². The molecule has 1 spiro atoms. The number of rotatable bonds is 8. The number of piperidine rings is 1. The lowest BCUT2D eigenvalue weighted by molar-refractivity contribution is -0.192. The SMILES string of the molecule is CCc1c(NC)ncnc1N1CCC(c2nc(-c3ccc(F)cc3)cn2CCN2CCC23COC3)CC1. The van der Waals surface area contributed by atoms with Gasteiger partial charge in [0.15, 0.2) is 0 Å². The van der Waals surface area contributed by atoms with Crippen molar-refractivity contribution in [3.05, 3.63) is 54.0 Å². The van der Waals surface area contributed by atoms with Crippen molar-refractivity contribution in [2.45, 2.75) is 50.6 Å². The molecule has 5 heterocycles. The third kappa shape index (κ3) is 4.48. The largest absolute Gasteiger partial charge is 0.377 e. The van der Waals surface area contributed by atoms with Crippen molar-refractivity contribution >= 4 is 11.6 Å². The molecule has 3 fully saturated rings. The van der Waals surface area contributed by atoms with E-state index in [1.54, 1.807) is 6.33 Å². The summed E-state index contributed by atoms with van der Waals surface area (Å²) in [5, 5.41) is 3.21. The Kier molecular flexibility index (Phi) is 6.58. The second-order valence-corrected chi connectivity index (χ2v) is 10.5. The van der Waals surface area contributed by atoms with Crippen molar-refractivity contribution in [1.82, 2.24) is 24.4 Å². The van der Waals surface area contributed by atoms with Gasteiger partial charge in [-0.1, -0.05) is 6.92 Å². The third-order valence-corrected chi connectivity index (χ3v) is 8.49. The smallest absolute Gasteiger partial charge is 0.137 e. The van der Waals surface area contributed by atoms with Crippen molar-refractivity contribution < 1.29 is 9.13 Å². The maximum atomic E-state index is 13.6. The van der Waals surface area contributed by atoms with Gasteiger partial charge in [0.25, 0.3) is 0 Å². The molecule has 3 aliphatic heterocycles. The van der Waals surface area contributed by atoms with Crippen molar-refractivity contribution in [3.8, 4) is 11.3 Å². The molecule has 0 aliphatic carbocycles. The summed E-state index contributed by atoms with van der Waals surface area (Å²) < 4.78 is 21.4. The summed E-state index contributed by atoms with van der Waals surface area (Å²) in [5.74, 6) is 3.25. The van der Waals surface area contributed by atoms with E-state index in [1.165, 1.54) is 24.1 Å². The molecule has 0 unspecified atom stereocenters. The molecule has 3 saturated heterocycles. The van der Waals surface area contributed by atoms with E-state index in [2.05, 4.69) is 42.8 Å². The first-order valence-corrected chi connectivity index (χ1v) is 13.5. The molecule has 0 bridgehead atoms. The summed E-state index contributed by atoms with van der Waals surface area (Å²) in [6, 6.07) is 6.68. The Morgan fingerprint density at radius 1 is 1.08 bits per heavy atom. The minimum atomic E-state index is -0.223. The highest BCUT2D eigenvalue weighted by atomic mass is 19.1. The Balaban J connectivity index is 1.21. The molecule has 8 nitrogen and oxygen atoms in total. The fourth-order valence-corrected chi connectivity index (χ4v) is 6.09. The lowest BCUT2D eigenvalue weighted by Gasteiger charge is -2.57. The number of anilines is 2. The van der Waals surface area contributed by atoms with E-state index >= 15 is 0 Å². The number of hydrogen-bond donors (Lipinski definition) is 1. The fraction of sp³-hybridized carbons (Fsp3) is 0.536. The lowest BCUT2D eigenvalue weighted by atomic mass is 9.83. The Morgan fingerprint density at radius 3 is 2.49 bits per heavy atom. The average molecular weight is 506 g/mol. The van der Waals surface area contributed by atoms with Crippen LogP contribution in [-0.2, 0) is 17.7 Å². The van der Waals surface area contributed by atoms with Crippen molar-refractivity contribution in [1.29, 1.82) is 0 Å². The van der Waals surface area contributed by atoms with Gasteiger partial charge in [-0.25, -0.2) is 19.3 Å². The highest BCUT2D eigenvalue weighted by Crippen LogP contribution is 2.38. The molecular weight excluding hydrogens is 469 g/mol. The molecule has 1 N–H and O–H groups in total. The molecule has 1 aromatic carbocycles. The standard InChI is InChI=1S/C28H36FN7O/c1-3-23-25(30-2)31-19-32-27(23)34-11-8-21(9-12-34)26-33-24(20-4-6-22(29)7-5-20)16-35(26)14-15-36-13-10-28(36)17-37-18-28/h4-7,16,19,21H,3,8-15,17-18H2,1-2H3,(H,30,31,32).